The number of aryl methyl sites for hydroxylation is 1. The summed E-state index contributed by atoms with van der Waals surface area (Å²) in [5.41, 5.74) is 3.80. The molecule has 2 aliphatic carbocycles. The highest BCUT2D eigenvalue weighted by Crippen LogP contribution is 2.35. The molecule has 0 spiro atoms. The van der Waals surface area contributed by atoms with Gasteiger partial charge in [-0.25, -0.2) is 0 Å². The third kappa shape index (κ3) is 6.08. The molecule has 0 aliphatic heterocycles. The van der Waals surface area contributed by atoms with Crippen molar-refractivity contribution in [1.29, 1.82) is 0 Å². The minimum atomic E-state index is 0.530. The zero-order chi connectivity index (χ0) is 22.5. The van der Waals surface area contributed by atoms with Gasteiger partial charge in [0, 0.05) is 35.8 Å². The van der Waals surface area contributed by atoms with Crippen molar-refractivity contribution in [2.45, 2.75) is 76.8 Å². The van der Waals surface area contributed by atoms with Crippen molar-refractivity contribution in [3.05, 3.63) is 70.0 Å². The first kappa shape index (κ1) is 22.3. The molecule has 0 amide bonds. The molecule has 0 bridgehead atoms. The number of benzene rings is 2. The van der Waals surface area contributed by atoms with E-state index in [0.29, 0.717) is 12.1 Å². The van der Waals surface area contributed by atoms with Crippen LogP contribution in [0.25, 0.3) is 0 Å². The Labute approximate surface area is 201 Å². The molecule has 33 heavy (non-hydrogen) atoms. The lowest BCUT2D eigenvalue weighted by atomic mass is 10.1. The Morgan fingerprint density at radius 3 is 2.24 bits per heavy atom. The molecule has 1 aromatic heterocycles. The molecule has 174 valence electrons. The van der Waals surface area contributed by atoms with Crippen LogP contribution in [0.1, 0.15) is 68.7 Å². The maximum absolute atomic E-state index is 5.94. The van der Waals surface area contributed by atoms with Crippen LogP contribution in [0.3, 0.4) is 0 Å². The minimum absolute atomic E-state index is 0.530. The Morgan fingerprint density at radius 2 is 1.58 bits per heavy atom. The molecule has 5 heteroatoms. The van der Waals surface area contributed by atoms with Crippen molar-refractivity contribution in [3.63, 3.8) is 0 Å². The highest BCUT2D eigenvalue weighted by molar-refractivity contribution is 7.07. The smallest absolute Gasteiger partial charge is 0.185 e. The van der Waals surface area contributed by atoms with E-state index in [0.717, 1.165) is 30.2 Å². The summed E-state index contributed by atoms with van der Waals surface area (Å²) in [7, 11) is 0. The quantitative estimate of drug-likeness (QED) is 0.358. The van der Waals surface area contributed by atoms with Gasteiger partial charge in [0.25, 0.3) is 0 Å². The van der Waals surface area contributed by atoms with Crippen molar-refractivity contribution in [2.75, 3.05) is 11.9 Å². The molecule has 2 fully saturated rings. The Hall–Kier alpha value is -2.53. The number of ether oxygens (including phenoxy) is 1. The molecule has 5 rings (SSSR count). The second kappa shape index (κ2) is 10.6. The molecular weight excluding hydrogens is 426 g/mol. The third-order valence-electron chi connectivity index (χ3n) is 6.67. The van der Waals surface area contributed by atoms with E-state index in [9.17, 15) is 0 Å². The van der Waals surface area contributed by atoms with Crippen LogP contribution in [-0.2, 0) is 6.42 Å². The number of nitrogens with one attached hydrogen (secondary N) is 1. The Bertz CT molecular complexity index is 1090. The van der Waals surface area contributed by atoms with Crippen LogP contribution in [0.15, 0.2) is 58.9 Å². The molecule has 3 aromatic rings. The number of hydrogen-bond acceptors (Lipinski definition) is 4. The van der Waals surface area contributed by atoms with E-state index in [1.165, 1.54) is 67.4 Å². The van der Waals surface area contributed by atoms with Gasteiger partial charge >= 0.3 is 0 Å². The highest BCUT2D eigenvalue weighted by atomic mass is 32.1. The van der Waals surface area contributed by atoms with Gasteiger partial charge in [0.1, 0.15) is 11.5 Å². The largest absolute Gasteiger partial charge is 0.457 e. The maximum atomic E-state index is 5.94. The first-order valence-corrected chi connectivity index (χ1v) is 13.4. The maximum Gasteiger partial charge on any atom is 0.185 e. The van der Waals surface area contributed by atoms with Crippen molar-refractivity contribution in [2.24, 2.45) is 4.99 Å². The van der Waals surface area contributed by atoms with Crippen molar-refractivity contribution >= 4 is 17.0 Å². The standard InChI is InChI=1S/C28H35N3OS/c1-21-8-14-26(15-9-21)32-27-16-10-22(11-17-27)29-19-18-25-20-33-28(31(25)24-12-13-24)30-23-6-4-2-3-5-7-23/h8-11,14-17,20,23-24,29H,2-7,12-13,18-19H2,1H3. The molecule has 2 aromatic carbocycles. The zero-order valence-electron chi connectivity index (χ0n) is 19.6. The van der Waals surface area contributed by atoms with Gasteiger partial charge in [0.2, 0.25) is 0 Å². The van der Waals surface area contributed by atoms with E-state index in [1.807, 2.05) is 35.6 Å². The van der Waals surface area contributed by atoms with Crippen LogP contribution in [0.4, 0.5) is 5.69 Å². The predicted octanol–water partition coefficient (Wildman–Crippen LogP) is 7.26. The van der Waals surface area contributed by atoms with E-state index in [4.69, 9.17) is 9.73 Å². The average molecular weight is 462 g/mol. The van der Waals surface area contributed by atoms with E-state index >= 15 is 0 Å². The number of hydrogen-bond donors (Lipinski definition) is 1. The molecule has 1 N–H and O–H groups in total. The molecule has 0 unspecified atom stereocenters. The first-order valence-electron chi connectivity index (χ1n) is 12.6. The fourth-order valence-corrected chi connectivity index (χ4v) is 5.68. The van der Waals surface area contributed by atoms with Crippen LogP contribution in [0.2, 0.25) is 0 Å². The van der Waals surface area contributed by atoms with Crippen molar-refractivity contribution in [1.82, 2.24) is 4.57 Å². The summed E-state index contributed by atoms with van der Waals surface area (Å²) < 4.78 is 8.50. The number of rotatable bonds is 8. The molecule has 4 nitrogen and oxygen atoms in total. The van der Waals surface area contributed by atoms with Gasteiger partial charge in [-0.1, -0.05) is 43.4 Å². The number of anilines is 1. The van der Waals surface area contributed by atoms with Gasteiger partial charge in [-0.15, -0.1) is 11.3 Å². The lowest BCUT2D eigenvalue weighted by Crippen LogP contribution is -2.21. The summed E-state index contributed by atoms with van der Waals surface area (Å²) in [6, 6.07) is 17.6. The summed E-state index contributed by atoms with van der Waals surface area (Å²) >= 11 is 1.85. The molecule has 2 saturated carbocycles. The van der Waals surface area contributed by atoms with E-state index < -0.39 is 0 Å². The van der Waals surface area contributed by atoms with E-state index in [1.54, 1.807) is 0 Å². The van der Waals surface area contributed by atoms with Crippen molar-refractivity contribution < 1.29 is 4.74 Å². The van der Waals surface area contributed by atoms with Gasteiger partial charge in [-0.2, -0.15) is 0 Å². The summed E-state index contributed by atoms with van der Waals surface area (Å²) in [6.07, 6.45) is 11.6. The fourth-order valence-electron chi connectivity index (χ4n) is 4.61. The second-order valence-electron chi connectivity index (χ2n) is 9.50. The van der Waals surface area contributed by atoms with Gasteiger partial charge in [0.15, 0.2) is 4.80 Å². The predicted molar refractivity (Wildman–Crippen MR) is 138 cm³/mol. The molecule has 0 radical (unpaired) electrons. The van der Waals surface area contributed by atoms with Gasteiger partial charge in [0.05, 0.1) is 6.04 Å². The monoisotopic (exact) mass is 461 g/mol. The Morgan fingerprint density at radius 1 is 0.909 bits per heavy atom. The van der Waals surface area contributed by atoms with E-state index in [2.05, 4.69) is 46.5 Å². The Kier molecular flexibility index (Phi) is 7.15. The lowest BCUT2D eigenvalue weighted by Gasteiger charge is -2.12. The van der Waals surface area contributed by atoms with E-state index in [-0.39, 0.29) is 0 Å². The molecule has 0 atom stereocenters. The topological polar surface area (TPSA) is 38.5 Å². The summed E-state index contributed by atoms with van der Waals surface area (Å²) in [5, 5.41) is 5.92. The molecule has 1 heterocycles. The molecule has 0 saturated heterocycles. The molecule has 2 aliphatic rings. The third-order valence-corrected chi connectivity index (χ3v) is 7.57. The zero-order valence-corrected chi connectivity index (χ0v) is 20.4. The minimum Gasteiger partial charge on any atom is -0.457 e. The number of thiazole rings is 1. The second-order valence-corrected chi connectivity index (χ2v) is 10.3. The van der Waals surface area contributed by atoms with Crippen LogP contribution < -0.4 is 14.9 Å². The first-order chi connectivity index (χ1) is 16.2. The van der Waals surface area contributed by atoms with Crippen LogP contribution >= 0.6 is 11.3 Å². The summed E-state index contributed by atoms with van der Waals surface area (Å²) in [4.78, 5) is 6.48. The Balaban J connectivity index is 1.18. The van der Waals surface area contributed by atoms with Crippen molar-refractivity contribution in [3.8, 4) is 11.5 Å². The van der Waals surface area contributed by atoms with Crippen LogP contribution in [-0.4, -0.2) is 17.2 Å². The summed E-state index contributed by atoms with van der Waals surface area (Å²) in [6.45, 7) is 3.00. The highest BCUT2D eigenvalue weighted by Gasteiger charge is 2.27. The van der Waals surface area contributed by atoms with Crippen LogP contribution in [0.5, 0.6) is 11.5 Å². The fraction of sp³-hybridized carbons (Fsp3) is 0.464. The number of nitrogens with zero attached hydrogens (tertiary/aromatic N) is 2. The van der Waals surface area contributed by atoms with Gasteiger partial charge in [-0.3, -0.25) is 4.99 Å². The SMILES string of the molecule is Cc1ccc(Oc2ccc(NCCc3csc(=NC4CCCCCC4)n3C3CC3)cc2)cc1. The normalized spacial score (nSPS) is 17.7. The average Bonchev–Trinajstić information content (AvgIpc) is 3.63. The van der Waals surface area contributed by atoms with Gasteiger partial charge < -0.3 is 14.6 Å². The van der Waals surface area contributed by atoms with Crippen LogP contribution in [0, 0.1) is 6.92 Å². The molecular formula is C28H35N3OS. The number of aromatic nitrogens is 1. The lowest BCUT2D eigenvalue weighted by molar-refractivity contribution is 0.482. The van der Waals surface area contributed by atoms with Gasteiger partial charge in [-0.05, 0) is 69.0 Å². The summed E-state index contributed by atoms with van der Waals surface area (Å²) in [5.74, 6) is 1.73.